The standard InChI is InChI=1S/C19H24F2N6O/c1-11(2)15-8-13(14-9-23-27(12(3)4)17(14)24-15)18(28)25(5)10-16-22-6-7-26(16)19(20)21/h6-9,11-12,19H,10H2,1-5H3. The van der Waals surface area contributed by atoms with E-state index < -0.39 is 6.55 Å². The van der Waals surface area contributed by atoms with Crippen LogP contribution in [0.3, 0.4) is 0 Å². The fourth-order valence-electron chi connectivity index (χ4n) is 3.02. The number of nitrogens with zero attached hydrogens (tertiary/aromatic N) is 6. The maximum Gasteiger partial charge on any atom is 0.319 e. The highest BCUT2D eigenvalue weighted by Gasteiger charge is 2.23. The Morgan fingerprint density at radius 3 is 2.57 bits per heavy atom. The van der Waals surface area contributed by atoms with Crippen LogP contribution >= 0.6 is 0 Å². The Hall–Kier alpha value is -2.84. The number of pyridine rings is 1. The average molecular weight is 390 g/mol. The summed E-state index contributed by atoms with van der Waals surface area (Å²) in [4.78, 5) is 23.2. The minimum atomic E-state index is -2.70. The number of aromatic nitrogens is 5. The Kier molecular flexibility index (Phi) is 5.44. The number of fused-ring (bicyclic) bond motifs is 1. The van der Waals surface area contributed by atoms with Crippen LogP contribution in [0.5, 0.6) is 0 Å². The third-order valence-corrected chi connectivity index (χ3v) is 4.58. The first-order chi connectivity index (χ1) is 13.2. The molecule has 9 heteroatoms. The van der Waals surface area contributed by atoms with Gasteiger partial charge in [-0.05, 0) is 25.8 Å². The molecule has 0 atom stereocenters. The zero-order chi connectivity index (χ0) is 20.6. The second-order valence-electron chi connectivity index (χ2n) is 7.36. The molecular weight excluding hydrogens is 366 g/mol. The molecule has 28 heavy (non-hydrogen) atoms. The van der Waals surface area contributed by atoms with Gasteiger partial charge in [0.15, 0.2) is 5.65 Å². The van der Waals surface area contributed by atoms with E-state index in [4.69, 9.17) is 0 Å². The number of rotatable bonds is 6. The van der Waals surface area contributed by atoms with E-state index in [9.17, 15) is 13.6 Å². The summed E-state index contributed by atoms with van der Waals surface area (Å²) in [5, 5.41) is 5.02. The van der Waals surface area contributed by atoms with Gasteiger partial charge in [-0.25, -0.2) is 14.6 Å². The number of hydrogen-bond donors (Lipinski definition) is 0. The summed E-state index contributed by atoms with van der Waals surface area (Å²) in [5.74, 6) is -0.0472. The first kappa shape index (κ1) is 19.9. The van der Waals surface area contributed by atoms with Gasteiger partial charge in [0.05, 0.1) is 23.7 Å². The van der Waals surface area contributed by atoms with E-state index in [2.05, 4.69) is 15.1 Å². The number of imidazole rings is 1. The van der Waals surface area contributed by atoms with Crippen LogP contribution in [0, 0.1) is 0 Å². The van der Waals surface area contributed by atoms with Crippen molar-refractivity contribution in [3.05, 3.63) is 41.7 Å². The molecule has 3 aromatic heterocycles. The van der Waals surface area contributed by atoms with E-state index in [0.29, 0.717) is 16.6 Å². The number of carbonyl (C=O) groups excluding carboxylic acids is 1. The molecule has 0 unspecified atom stereocenters. The van der Waals surface area contributed by atoms with Crippen molar-refractivity contribution in [1.29, 1.82) is 0 Å². The van der Waals surface area contributed by atoms with Crippen molar-refractivity contribution in [2.45, 2.75) is 52.7 Å². The highest BCUT2D eigenvalue weighted by Crippen LogP contribution is 2.25. The maximum atomic E-state index is 13.2. The van der Waals surface area contributed by atoms with Gasteiger partial charge in [-0.3, -0.25) is 9.36 Å². The van der Waals surface area contributed by atoms with Crippen LogP contribution in [0.15, 0.2) is 24.7 Å². The van der Waals surface area contributed by atoms with Crippen LogP contribution in [-0.2, 0) is 6.54 Å². The van der Waals surface area contributed by atoms with Gasteiger partial charge in [-0.2, -0.15) is 13.9 Å². The average Bonchev–Trinajstić information content (AvgIpc) is 3.26. The SMILES string of the molecule is CC(C)c1cc(C(=O)N(C)Cc2nccn2C(F)F)c2cnn(C(C)C)c2n1. The summed E-state index contributed by atoms with van der Waals surface area (Å²) in [7, 11) is 1.57. The summed E-state index contributed by atoms with van der Waals surface area (Å²) in [5.41, 5.74) is 1.88. The second kappa shape index (κ2) is 7.65. The van der Waals surface area contributed by atoms with Crippen molar-refractivity contribution in [2.24, 2.45) is 0 Å². The molecule has 0 radical (unpaired) electrons. The van der Waals surface area contributed by atoms with Crippen molar-refractivity contribution in [1.82, 2.24) is 29.2 Å². The van der Waals surface area contributed by atoms with Gasteiger partial charge >= 0.3 is 6.55 Å². The lowest BCUT2D eigenvalue weighted by molar-refractivity contribution is 0.0613. The van der Waals surface area contributed by atoms with Gasteiger partial charge in [0.2, 0.25) is 0 Å². The largest absolute Gasteiger partial charge is 0.334 e. The van der Waals surface area contributed by atoms with E-state index >= 15 is 0 Å². The molecule has 0 spiro atoms. The summed E-state index contributed by atoms with van der Waals surface area (Å²) in [6.45, 7) is 5.26. The molecule has 0 fully saturated rings. The summed E-state index contributed by atoms with van der Waals surface area (Å²) < 4.78 is 28.7. The fourth-order valence-corrected chi connectivity index (χ4v) is 3.02. The molecular formula is C19H24F2N6O. The van der Waals surface area contributed by atoms with Gasteiger partial charge < -0.3 is 4.90 Å². The van der Waals surface area contributed by atoms with Crippen LogP contribution < -0.4 is 0 Å². The molecule has 0 aromatic carbocycles. The molecule has 3 rings (SSSR count). The molecule has 0 bridgehead atoms. The fraction of sp³-hybridized carbons (Fsp3) is 0.474. The van der Waals surface area contributed by atoms with Crippen LogP contribution in [0.25, 0.3) is 11.0 Å². The molecule has 150 valence electrons. The number of amides is 1. The quantitative estimate of drug-likeness (QED) is 0.638. The molecule has 3 aromatic rings. The van der Waals surface area contributed by atoms with Gasteiger partial charge in [-0.1, -0.05) is 13.8 Å². The molecule has 0 saturated carbocycles. The molecule has 0 aliphatic rings. The van der Waals surface area contributed by atoms with Gasteiger partial charge in [-0.15, -0.1) is 0 Å². The lowest BCUT2D eigenvalue weighted by Gasteiger charge is -2.19. The molecule has 0 aliphatic heterocycles. The van der Waals surface area contributed by atoms with E-state index in [1.54, 1.807) is 24.0 Å². The first-order valence-corrected chi connectivity index (χ1v) is 9.14. The van der Waals surface area contributed by atoms with Crippen LogP contribution in [-0.4, -0.2) is 42.2 Å². The lowest BCUT2D eigenvalue weighted by atomic mass is 10.0. The second-order valence-corrected chi connectivity index (χ2v) is 7.36. The molecule has 0 saturated heterocycles. The molecule has 7 nitrogen and oxygen atoms in total. The van der Waals surface area contributed by atoms with Crippen molar-refractivity contribution >= 4 is 16.9 Å². The normalized spacial score (nSPS) is 11.9. The first-order valence-electron chi connectivity index (χ1n) is 9.14. The van der Waals surface area contributed by atoms with Crippen molar-refractivity contribution in [3.63, 3.8) is 0 Å². The summed E-state index contributed by atoms with van der Waals surface area (Å²) >= 11 is 0. The Balaban J connectivity index is 2.01. The molecule has 0 N–H and O–H groups in total. The van der Waals surface area contributed by atoms with Crippen LogP contribution in [0.2, 0.25) is 0 Å². The van der Waals surface area contributed by atoms with Gasteiger partial charge in [0, 0.05) is 31.2 Å². The van der Waals surface area contributed by atoms with Gasteiger partial charge in [0.25, 0.3) is 5.91 Å². The number of carbonyl (C=O) groups is 1. The minimum Gasteiger partial charge on any atom is -0.334 e. The number of hydrogen-bond acceptors (Lipinski definition) is 4. The van der Waals surface area contributed by atoms with Crippen molar-refractivity contribution in [2.75, 3.05) is 7.05 Å². The minimum absolute atomic E-state index is 0.0324. The monoisotopic (exact) mass is 390 g/mol. The zero-order valence-corrected chi connectivity index (χ0v) is 16.6. The Bertz CT molecular complexity index is 992. The molecule has 0 aliphatic carbocycles. The lowest BCUT2D eigenvalue weighted by Crippen LogP contribution is -2.28. The molecule has 3 heterocycles. The van der Waals surface area contributed by atoms with Crippen molar-refractivity contribution < 1.29 is 13.6 Å². The maximum absolute atomic E-state index is 13.2. The molecule has 1 amide bonds. The summed E-state index contributed by atoms with van der Waals surface area (Å²) in [6.07, 6.45) is 4.13. The highest BCUT2D eigenvalue weighted by atomic mass is 19.3. The number of alkyl halides is 2. The highest BCUT2D eigenvalue weighted by molar-refractivity contribution is 6.05. The van der Waals surface area contributed by atoms with Crippen molar-refractivity contribution in [3.8, 4) is 0 Å². The summed E-state index contributed by atoms with van der Waals surface area (Å²) in [6, 6.07) is 1.85. The Morgan fingerprint density at radius 2 is 1.96 bits per heavy atom. The van der Waals surface area contributed by atoms with E-state index in [1.807, 2.05) is 27.7 Å². The van der Waals surface area contributed by atoms with E-state index in [0.717, 1.165) is 10.3 Å². The van der Waals surface area contributed by atoms with Crippen LogP contribution in [0.1, 0.15) is 68.1 Å². The Labute approximate surface area is 162 Å². The predicted molar refractivity (Wildman–Crippen MR) is 101 cm³/mol. The Morgan fingerprint density at radius 1 is 1.25 bits per heavy atom. The predicted octanol–water partition coefficient (Wildman–Crippen LogP) is 4.00. The van der Waals surface area contributed by atoms with E-state index in [-0.39, 0.29) is 30.2 Å². The van der Waals surface area contributed by atoms with Crippen LogP contribution in [0.4, 0.5) is 8.78 Å². The smallest absolute Gasteiger partial charge is 0.319 e. The van der Waals surface area contributed by atoms with Gasteiger partial charge in [0.1, 0.15) is 5.82 Å². The van der Waals surface area contributed by atoms with E-state index in [1.165, 1.54) is 17.3 Å². The third-order valence-electron chi connectivity index (χ3n) is 4.58. The zero-order valence-electron chi connectivity index (χ0n) is 16.6. The number of halogens is 2. The topological polar surface area (TPSA) is 68.8 Å². The third kappa shape index (κ3) is 3.61.